The molecule has 1 atom stereocenters. The summed E-state index contributed by atoms with van der Waals surface area (Å²) in [6, 6.07) is 3.99. The van der Waals surface area contributed by atoms with Gasteiger partial charge < -0.3 is 15.3 Å². The number of likely N-dealkylation sites (tertiary alicyclic amines) is 1. The maximum Gasteiger partial charge on any atom is 0.252 e. The van der Waals surface area contributed by atoms with Gasteiger partial charge in [-0.15, -0.1) is 0 Å². The molecule has 0 saturated carbocycles. The zero-order valence-electron chi connectivity index (χ0n) is 11.2. The van der Waals surface area contributed by atoms with Crippen LogP contribution in [0.5, 0.6) is 5.75 Å². The lowest BCUT2D eigenvalue weighted by Gasteiger charge is -2.21. The van der Waals surface area contributed by atoms with Crippen molar-refractivity contribution in [3.8, 4) is 5.75 Å². The van der Waals surface area contributed by atoms with Gasteiger partial charge in [-0.2, -0.15) is 0 Å². The number of carbonyl (C=O) groups excluding carboxylic acids is 2. The summed E-state index contributed by atoms with van der Waals surface area (Å²) in [6.45, 7) is 3.20. The molecular weight excluding hydrogens is 324 g/mol. The average molecular weight is 341 g/mol. The van der Waals surface area contributed by atoms with Gasteiger partial charge in [0.1, 0.15) is 11.8 Å². The minimum absolute atomic E-state index is 0.00354. The van der Waals surface area contributed by atoms with Gasteiger partial charge in [0.05, 0.1) is 4.47 Å². The molecule has 0 radical (unpaired) electrons. The third-order valence-electron chi connectivity index (χ3n) is 3.34. The molecule has 1 aromatic carbocycles. The topological polar surface area (TPSA) is 69.6 Å². The summed E-state index contributed by atoms with van der Waals surface area (Å²) >= 11 is 3.15. The minimum Gasteiger partial charge on any atom is -0.507 e. The summed E-state index contributed by atoms with van der Waals surface area (Å²) in [7, 11) is 0. The van der Waals surface area contributed by atoms with E-state index in [-0.39, 0.29) is 17.6 Å². The van der Waals surface area contributed by atoms with Gasteiger partial charge in [0.15, 0.2) is 0 Å². The Morgan fingerprint density at radius 2 is 2.00 bits per heavy atom. The van der Waals surface area contributed by atoms with Crippen molar-refractivity contribution >= 4 is 27.7 Å². The smallest absolute Gasteiger partial charge is 0.252 e. The molecule has 108 valence electrons. The Balaban J connectivity index is 1.99. The largest absolute Gasteiger partial charge is 0.507 e. The van der Waals surface area contributed by atoms with Crippen LogP contribution >= 0.6 is 15.9 Å². The van der Waals surface area contributed by atoms with E-state index in [9.17, 15) is 14.7 Å². The molecule has 1 aliphatic heterocycles. The van der Waals surface area contributed by atoms with Crippen molar-refractivity contribution in [3.05, 3.63) is 28.2 Å². The number of nitrogens with one attached hydrogen (secondary N) is 1. The van der Waals surface area contributed by atoms with Crippen LogP contribution in [0.15, 0.2) is 22.7 Å². The molecular formula is C14H17BrN2O3. The highest BCUT2D eigenvalue weighted by Crippen LogP contribution is 2.24. The predicted molar refractivity (Wildman–Crippen MR) is 78.5 cm³/mol. The van der Waals surface area contributed by atoms with Crippen LogP contribution in [0.1, 0.15) is 30.1 Å². The molecule has 1 saturated heterocycles. The van der Waals surface area contributed by atoms with Crippen molar-refractivity contribution in [1.29, 1.82) is 0 Å². The van der Waals surface area contributed by atoms with E-state index in [1.807, 2.05) is 0 Å². The highest BCUT2D eigenvalue weighted by molar-refractivity contribution is 9.10. The fourth-order valence-electron chi connectivity index (χ4n) is 2.21. The van der Waals surface area contributed by atoms with Gasteiger partial charge in [-0.1, -0.05) is 0 Å². The molecule has 0 bridgehead atoms. The van der Waals surface area contributed by atoms with Crippen LogP contribution in [0.25, 0.3) is 0 Å². The first-order valence-corrected chi connectivity index (χ1v) is 7.36. The normalized spacial score (nSPS) is 16.0. The third kappa shape index (κ3) is 3.30. The van der Waals surface area contributed by atoms with Crippen LogP contribution in [-0.2, 0) is 4.79 Å². The Morgan fingerprint density at radius 3 is 2.60 bits per heavy atom. The second-order valence-corrected chi connectivity index (χ2v) is 5.75. The van der Waals surface area contributed by atoms with Crippen molar-refractivity contribution in [1.82, 2.24) is 10.2 Å². The molecule has 5 nitrogen and oxygen atoms in total. The lowest BCUT2D eigenvalue weighted by Crippen LogP contribution is -2.45. The number of carbonyl (C=O) groups is 2. The van der Waals surface area contributed by atoms with Crippen LogP contribution in [0.4, 0.5) is 0 Å². The third-order valence-corrected chi connectivity index (χ3v) is 4.01. The zero-order chi connectivity index (χ0) is 14.7. The van der Waals surface area contributed by atoms with Crippen molar-refractivity contribution < 1.29 is 14.7 Å². The van der Waals surface area contributed by atoms with Crippen molar-refractivity contribution in [2.45, 2.75) is 25.8 Å². The maximum absolute atomic E-state index is 12.1. The van der Waals surface area contributed by atoms with E-state index < -0.39 is 6.04 Å². The number of aromatic hydroxyl groups is 1. The standard InChI is InChI=1S/C14H17BrN2O3/c1-9(14(20)17-6-2-3-7-17)16-13(19)10-4-5-11(15)12(18)8-10/h4-5,8-9,18H,2-3,6-7H2,1H3,(H,16,19). The monoisotopic (exact) mass is 340 g/mol. The molecule has 1 aliphatic rings. The number of nitrogens with zero attached hydrogens (tertiary/aromatic N) is 1. The van der Waals surface area contributed by atoms with Crippen LogP contribution in [0.2, 0.25) is 0 Å². The molecule has 1 aromatic rings. The van der Waals surface area contributed by atoms with E-state index in [1.54, 1.807) is 24.0 Å². The second kappa shape index (κ2) is 6.26. The molecule has 0 aliphatic carbocycles. The first-order valence-electron chi connectivity index (χ1n) is 6.57. The van der Waals surface area contributed by atoms with E-state index in [1.165, 1.54) is 6.07 Å². The average Bonchev–Trinajstić information content (AvgIpc) is 2.94. The number of halogens is 1. The fraction of sp³-hybridized carbons (Fsp3) is 0.429. The molecule has 2 N–H and O–H groups in total. The van der Waals surface area contributed by atoms with Crippen molar-refractivity contribution in [2.24, 2.45) is 0 Å². The Kier molecular flexibility index (Phi) is 4.65. The van der Waals surface area contributed by atoms with Gasteiger partial charge in [-0.05, 0) is 53.9 Å². The number of amides is 2. The van der Waals surface area contributed by atoms with Crippen LogP contribution < -0.4 is 5.32 Å². The Labute approximate surface area is 126 Å². The summed E-state index contributed by atoms with van der Waals surface area (Å²) in [5, 5.41) is 12.2. The fourth-order valence-corrected chi connectivity index (χ4v) is 2.45. The quantitative estimate of drug-likeness (QED) is 0.882. The lowest BCUT2D eigenvalue weighted by molar-refractivity contribution is -0.131. The van der Waals surface area contributed by atoms with Gasteiger partial charge in [0.2, 0.25) is 5.91 Å². The van der Waals surface area contributed by atoms with Crippen LogP contribution in [0.3, 0.4) is 0 Å². The summed E-state index contributed by atoms with van der Waals surface area (Å²) in [5.74, 6) is -0.429. The van der Waals surface area contributed by atoms with E-state index >= 15 is 0 Å². The van der Waals surface area contributed by atoms with Gasteiger partial charge in [-0.25, -0.2) is 0 Å². The lowest BCUT2D eigenvalue weighted by atomic mass is 10.2. The van der Waals surface area contributed by atoms with Crippen LogP contribution in [-0.4, -0.2) is 41.0 Å². The molecule has 20 heavy (non-hydrogen) atoms. The number of benzene rings is 1. The van der Waals surface area contributed by atoms with Crippen LogP contribution in [0, 0.1) is 0 Å². The molecule has 1 unspecified atom stereocenters. The number of hydrogen-bond donors (Lipinski definition) is 2. The SMILES string of the molecule is CC(NC(=O)c1ccc(Br)c(O)c1)C(=O)N1CCCC1. The maximum atomic E-state index is 12.1. The van der Waals surface area contributed by atoms with Gasteiger partial charge in [0.25, 0.3) is 5.91 Å². The van der Waals surface area contributed by atoms with Gasteiger partial charge in [0, 0.05) is 18.7 Å². The summed E-state index contributed by atoms with van der Waals surface area (Å²) in [4.78, 5) is 25.9. The summed E-state index contributed by atoms with van der Waals surface area (Å²) < 4.78 is 0.523. The zero-order valence-corrected chi connectivity index (χ0v) is 12.8. The minimum atomic E-state index is -0.564. The van der Waals surface area contributed by atoms with Gasteiger partial charge >= 0.3 is 0 Å². The Bertz CT molecular complexity index is 527. The second-order valence-electron chi connectivity index (χ2n) is 4.89. The van der Waals surface area contributed by atoms with E-state index in [2.05, 4.69) is 21.2 Å². The Hall–Kier alpha value is -1.56. The number of phenolic OH excluding ortho intramolecular Hbond substituents is 1. The molecule has 6 heteroatoms. The molecule has 1 heterocycles. The first-order chi connectivity index (χ1) is 9.49. The highest BCUT2D eigenvalue weighted by atomic mass is 79.9. The number of phenols is 1. The molecule has 0 spiro atoms. The summed E-state index contributed by atoms with van der Waals surface area (Å²) in [5.41, 5.74) is 0.326. The molecule has 1 fully saturated rings. The van der Waals surface area contributed by atoms with Crippen molar-refractivity contribution in [3.63, 3.8) is 0 Å². The van der Waals surface area contributed by atoms with E-state index in [0.717, 1.165) is 25.9 Å². The molecule has 2 amide bonds. The predicted octanol–water partition coefficient (Wildman–Crippen LogP) is 1.90. The molecule has 2 rings (SSSR count). The van der Waals surface area contributed by atoms with E-state index in [0.29, 0.717) is 10.0 Å². The first kappa shape index (κ1) is 14.8. The number of hydrogen-bond acceptors (Lipinski definition) is 3. The van der Waals surface area contributed by atoms with E-state index in [4.69, 9.17) is 0 Å². The Morgan fingerprint density at radius 1 is 1.35 bits per heavy atom. The number of rotatable bonds is 3. The van der Waals surface area contributed by atoms with Crippen molar-refractivity contribution in [2.75, 3.05) is 13.1 Å². The van der Waals surface area contributed by atoms with Gasteiger partial charge in [-0.3, -0.25) is 9.59 Å². The summed E-state index contributed by atoms with van der Waals surface area (Å²) in [6.07, 6.45) is 2.04. The molecule has 0 aromatic heterocycles. The highest BCUT2D eigenvalue weighted by Gasteiger charge is 2.24.